The molecule has 1 aromatic carbocycles. The summed E-state index contributed by atoms with van der Waals surface area (Å²) in [6.45, 7) is 4.26. The van der Waals surface area contributed by atoms with Gasteiger partial charge in [-0.1, -0.05) is 31.4 Å². The Morgan fingerprint density at radius 2 is 2.20 bits per heavy atom. The van der Waals surface area contributed by atoms with Crippen LogP contribution in [0.5, 0.6) is 11.5 Å². The second kappa shape index (κ2) is 7.19. The zero-order valence-corrected chi connectivity index (χ0v) is 13.1. The Hall–Kier alpha value is -0.930. The summed E-state index contributed by atoms with van der Waals surface area (Å²) in [7, 11) is 1.55. The molecule has 0 amide bonds. The monoisotopic (exact) mass is 297 g/mol. The van der Waals surface area contributed by atoms with Gasteiger partial charge in [-0.2, -0.15) is 0 Å². The van der Waals surface area contributed by atoms with Crippen LogP contribution in [0.25, 0.3) is 0 Å². The first kappa shape index (κ1) is 15.5. The molecule has 1 N–H and O–H groups in total. The molecule has 2 rings (SSSR count). The number of nitrogens with zero attached hydrogens (tertiary/aromatic N) is 1. The van der Waals surface area contributed by atoms with Gasteiger partial charge in [0.25, 0.3) is 0 Å². The van der Waals surface area contributed by atoms with Gasteiger partial charge in [-0.05, 0) is 43.5 Å². The van der Waals surface area contributed by atoms with Crippen molar-refractivity contribution in [3.63, 3.8) is 0 Å². The molecule has 4 heteroatoms. The first-order valence-corrected chi connectivity index (χ1v) is 7.83. The van der Waals surface area contributed by atoms with Crippen LogP contribution < -0.4 is 4.74 Å². The number of hydrogen-bond donors (Lipinski definition) is 1. The van der Waals surface area contributed by atoms with Crippen molar-refractivity contribution in [3.05, 3.63) is 22.7 Å². The third kappa shape index (κ3) is 3.58. The molecule has 1 saturated heterocycles. The average molecular weight is 298 g/mol. The van der Waals surface area contributed by atoms with E-state index in [1.54, 1.807) is 7.11 Å². The molecule has 0 aliphatic carbocycles. The van der Waals surface area contributed by atoms with Gasteiger partial charge in [-0.15, -0.1) is 0 Å². The number of ether oxygens (including phenoxy) is 1. The topological polar surface area (TPSA) is 32.7 Å². The zero-order chi connectivity index (χ0) is 14.5. The molecule has 1 atom stereocenters. The maximum atomic E-state index is 9.79. The van der Waals surface area contributed by atoms with Crippen LogP contribution in [0.1, 0.15) is 44.6 Å². The van der Waals surface area contributed by atoms with Crippen LogP contribution in [0.15, 0.2) is 12.1 Å². The number of benzene rings is 1. The highest BCUT2D eigenvalue weighted by atomic mass is 35.5. The molecular weight excluding hydrogens is 274 g/mol. The highest BCUT2D eigenvalue weighted by Gasteiger charge is 2.22. The Labute approximate surface area is 126 Å². The molecule has 1 fully saturated rings. The van der Waals surface area contributed by atoms with Crippen LogP contribution in [-0.2, 0) is 6.54 Å². The van der Waals surface area contributed by atoms with Crippen molar-refractivity contribution in [1.82, 2.24) is 4.90 Å². The molecule has 1 aromatic rings. The van der Waals surface area contributed by atoms with E-state index in [4.69, 9.17) is 16.3 Å². The molecule has 112 valence electrons. The van der Waals surface area contributed by atoms with E-state index in [1.807, 2.05) is 12.1 Å². The minimum Gasteiger partial charge on any atom is -0.503 e. The third-order valence-electron chi connectivity index (χ3n) is 4.06. The van der Waals surface area contributed by atoms with Gasteiger partial charge in [0.2, 0.25) is 0 Å². The second-order valence-electron chi connectivity index (χ2n) is 5.54. The van der Waals surface area contributed by atoms with Crippen LogP contribution in [0.4, 0.5) is 0 Å². The summed E-state index contributed by atoms with van der Waals surface area (Å²) < 4.78 is 5.18. The molecule has 1 unspecified atom stereocenters. The molecule has 1 aliphatic rings. The quantitative estimate of drug-likeness (QED) is 0.884. The first-order chi connectivity index (χ1) is 9.65. The Balaban J connectivity index is 2.13. The van der Waals surface area contributed by atoms with Gasteiger partial charge in [0.05, 0.1) is 12.1 Å². The second-order valence-corrected chi connectivity index (χ2v) is 5.94. The highest BCUT2D eigenvalue weighted by Crippen LogP contribution is 2.35. The van der Waals surface area contributed by atoms with Gasteiger partial charge in [0.15, 0.2) is 11.5 Å². The van der Waals surface area contributed by atoms with Gasteiger partial charge >= 0.3 is 0 Å². The van der Waals surface area contributed by atoms with Crippen molar-refractivity contribution >= 4 is 11.6 Å². The lowest BCUT2D eigenvalue weighted by Crippen LogP contribution is -2.38. The fraction of sp³-hybridized carbons (Fsp3) is 0.625. The molecule has 1 heterocycles. The Morgan fingerprint density at radius 3 is 2.90 bits per heavy atom. The number of rotatable bonds is 5. The van der Waals surface area contributed by atoms with Crippen LogP contribution in [0.3, 0.4) is 0 Å². The fourth-order valence-electron chi connectivity index (χ4n) is 3.04. The number of piperidine rings is 1. The molecule has 0 saturated carbocycles. The summed E-state index contributed by atoms with van der Waals surface area (Å²) in [6, 6.07) is 4.41. The summed E-state index contributed by atoms with van der Waals surface area (Å²) in [6.07, 6.45) is 6.37. The number of likely N-dealkylation sites (tertiary alicyclic amines) is 1. The molecule has 3 nitrogen and oxygen atoms in total. The number of hydrogen-bond acceptors (Lipinski definition) is 3. The molecule has 0 aromatic heterocycles. The summed E-state index contributed by atoms with van der Waals surface area (Å²) in [5.41, 5.74) is 1.10. The molecule has 0 bridgehead atoms. The van der Waals surface area contributed by atoms with Crippen LogP contribution in [0.2, 0.25) is 5.02 Å². The van der Waals surface area contributed by atoms with E-state index in [2.05, 4.69) is 11.8 Å². The lowest BCUT2D eigenvalue weighted by Gasteiger charge is -2.35. The van der Waals surface area contributed by atoms with Crippen LogP contribution >= 0.6 is 11.6 Å². The lowest BCUT2D eigenvalue weighted by atomic mass is 9.97. The Kier molecular flexibility index (Phi) is 5.55. The van der Waals surface area contributed by atoms with E-state index >= 15 is 0 Å². The molecule has 1 aliphatic heterocycles. The average Bonchev–Trinajstić information content (AvgIpc) is 2.45. The van der Waals surface area contributed by atoms with E-state index in [0.717, 1.165) is 18.7 Å². The van der Waals surface area contributed by atoms with Crippen LogP contribution in [0, 0.1) is 0 Å². The molecule has 0 radical (unpaired) electrons. The summed E-state index contributed by atoms with van der Waals surface area (Å²) in [5.74, 6) is 0.484. The van der Waals surface area contributed by atoms with Gasteiger partial charge in [0.1, 0.15) is 0 Å². The van der Waals surface area contributed by atoms with Crippen molar-refractivity contribution in [2.75, 3.05) is 13.7 Å². The highest BCUT2D eigenvalue weighted by molar-refractivity contribution is 6.32. The maximum absolute atomic E-state index is 9.79. The molecule has 20 heavy (non-hydrogen) atoms. The van der Waals surface area contributed by atoms with E-state index in [0.29, 0.717) is 16.8 Å². The predicted octanol–water partition coefficient (Wildman–Crippen LogP) is 4.21. The number of aromatic hydroxyl groups is 1. The molecular formula is C16H24ClNO2. The van der Waals surface area contributed by atoms with Gasteiger partial charge < -0.3 is 9.84 Å². The van der Waals surface area contributed by atoms with E-state index < -0.39 is 0 Å². The minimum absolute atomic E-state index is 0.0293. The Morgan fingerprint density at radius 1 is 1.40 bits per heavy atom. The SMILES string of the molecule is CCCC1CCCCN1Cc1cc(Cl)c(O)c(OC)c1. The number of phenolic OH excluding ortho intramolecular Hbond substituents is 1. The van der Waals surface area contributed by atoms with E-state index in [9.17, 15) is 5.11 Å². The summed E-state index contributed by atoms with van der Waals surface area (Å²) >= 11 is 6.06. The molecule has 0 spiro atoms. The van der Waals surface area contributed by atoms with Crippen molar-refractivity contribution in [1.29, 1.82) is 0 Å². The smallest absolute Gasteiger partial charge is 0.176 e. The Bertz CT molecular complexity index is 448. The minimum atomic E-state index is 0.0293. The number of methoxy groups -OCH3 is 1. The van der Waals surface area contributed by atoms with Gasteiger partial charge in [0, 0.05) is 12.6 Å². The van der Waals surface area contributed by atoms with Gasteiger partial charge in [-0.25, -0.2) is 0 Å². The summed E-state index contributed by atoms with van der Waals surface area (Å²) in [4.78, 5) is 2.54. The first-order valence-electron chi connectivity index (χ1n) is 7.45. The standard InChI is InChI=1S/C16H24ClNO2/c1-3-6-13-7-4-5-8-18(13)11-12-9-14(17)16(19)15(10-12)20-2/h9-10,13,19H,3-8,11H2,1-2H3. The zero-order valence-electron chi connectivity index (χ0n) is 12.4. The van der Waals surface area contributed by atoms with Crippen molar-refractivity contribution in [3.8, 4) is 11.5 Å². The predicted molar refractivity (Wildman–Crippen MR) is 82.6 cm³/mol. The van der Waals surface area contributed by atoms with Crippen LogP contribution in [-0.4, -0.2) is 29.7 Å². The van der Waals surface area contributed by atoms with E-state index in [-0.39, 0.29) is 5.75 Å². The third-order valence-corrected chi connectivity index (χ3v) is 4.35. The fourth-order valence-corrected chi connectivity index (χ4v) is 3.27. The van der Waals surface area contributed by atoms with Crippen molar-refractivity contribution < 1.29 is 9.84 Å². The van der Waals surface area contributed by atoms with Gasteiger partial charge in [-0.3, -0.25) is 4.90 Å². The number of phenols is 1. The normalized spacial score (nSPS) is 20.1. The largest absolute Gasteiger partial charge is 0.503 e. The summed E-state index contributed by atoms with van der Waals surface area (Å²) in [5, 5.41) is 10.2. The van der Waals surface area contributed by atoms with Crippen molar-refractivity contribution in [2.24, 2.45) is 0 Å². The number of halogens is 1. The van der Waals surface area contributed by atoms with Crippen molar-refractivity contribution in [2.45, 2.75) is 51.6 Å². The maximum Gasteiger partial charge on any atom is 0.176 e. The lowest BCUT2D eigenvalue weighted by molar-refractivity contribution is 0.131. The van der Waals surface area contributed by atoms with E-state index in [1.165, 1.54) is 32.1 Å².